The van der Waals surface area contributed by atoms with E-state index in [2.05, 4.69) is 0 Å². The van der Waals surface area contributed by atoms with Gasteiger partial charge in [0.25, 0.3) is 0 Å². The van der Waals surface area contributed by atoms with Crippen molar-refractivity contribution in [2.45, 2.75) is 0 Å². The molecule has 0 amide bonds. The van der Waals surface area contributed by atoms with Crippen LogP contribution in [0.5, 0.6) is 0 Å². The second-order valence-electron chi connectivity index (χ2n) is 3.24. The van der Waals surface area contributed by atoms with Gasteiger partial charge in [-0.2, -0.15) is 0 Å². The van der Waals surface area contributed by atoms with Gasteiger partial charge in [0.1, 0.15) is 0 Å². The molecule has 0 N–H and O–H groups in total. The van der Waals surface area contributed by atoms with E-state index in [-0.39, 0.29) is 0 Å². The van der Waals surface area contributed by atoms with Crippen LogP contribution in [0.2, 0.25) is 5.22 Å². The van der Waals surface area contributed by atoms with Crippen molar-refractivity contribution in [3.8, 4) is 23.0 Å². The summed E-state index contributed by atoms with van der Waals surface area (Å²) in [7, 11) is 0. The third-order valence-corrected chi connectivity index (χ3v) is 2.39. The maximum Gasteiger partial charge on any atom is 0.194 e. The monoisotopic (exact) mass is 234 g/mol. The lowest BCUT2D eigenvalue weighted by Crippen LogP contribution is -1.66. The first-order chi connectivity index (χ1) is 7.83. The first kappa shape index (κ1) is 9.36. The molecule has 0 aliphatic rings. The van der Waals surface area contributed by atoms with Crippen molar-refractivity contribution in [2.75, 3.05) is 0 Å². The zero-order valence-corrected chi connectivity index (χ0v) is 8.90. The van der Waals surface area contributed by atoms with Gasteiger partial charge < -0.3 is 13.3 Å². The van der Waals surface area contributed by atoms with Crippen LogP contribution in [0.3, 0.4) is 0 Å². The van der Waals surface area contributed by atoms with E-state index in [1.165, 1.54) is 0 Å². The Kier molecular flexibility index (Phi) is 2.11. The molecule has 80 valence electrons. The molecule has 3 rings (SSSR count). The van der Waals surface area contributed by atoms with Crippen molar-refractivity contribution in [2.24, 2.45) is 0 Å². The Morgan fingerprint density at radius 3 is 2.06 bits per heavy atom. The van der Waals surface area contributed by atoms with E-state index in [0.717, 1.165) is 0 Å². The summed E-state index contributed by atoms with van der Waals surface area (Å²) in [4.78, 5) is 0. The standard InChI is InChI=1S/C12H7ClO3/c13-12-6-5-11(16-12)10-4-3-9(15-10)8-2-1-7-14-8/h1-7H. The maximum atomic E-state index is 5.69. The summed E-state index contributed by atoms with van der Waals surface area (Å²) in [5.41, 5.74) is 0. The van der Waals surface area contributed by atoms with E-state index < -0.39 is 0 Å². The second kappa shape index (κ2) is 3.61. The average molecular weight is 235 g/mol. The predicted molar refractivity (Wildman–Crippen MR) is 59.1 cm³/mol. The topological polar surface area (TPSA) is 39.4 Å². The number of hydrogen-bond acceptors (Lipinski definition) is 3. The molecule has 0 aliphatic carbocycles. The molecule has 0 aromatic carbocycles. The van der Waals surface area contributed by atoms with Crippen molar-refractivity contribution in [1.29, 1.82) is 0 Å². The van der Waals surface area contributed by atoms with Gasteiger partial charge in [-0.1, -0.05) is 0 Å². The molecular weight excluding hydrogens is 228 g/mol. The lowest BCUT2D eigenvalue weighted by molar-refractivity contribution is 0.509. The average Bonchev–Trinajstić information content (AvgIpc) is 2.97. The van der Waals surface area contributed by atoms with Gasteiger partial charge in [-0.3, -0.25) is 0 Å². The highest BCUT2D eigenvalue weighted by molar-refractivity contribution is 6.28. The van der Waals surface area contributed by atoms with E-state index in [1.807, 2.05) is 18.2 Å². The Labute approximate surface area is 96.2 Å². The van der Waals surface area contributed by atoms with Crippen LogP contribution < -0.4 is 0 Å². The summed E-state index contributed by atoms with van der Waals surface area (Å²) in [6, 6.07) is 10.7. The van der Waals surface area contributed by atoms with Gasteiger partial charge in [-0.15, -0.1) is 0 Å². The number of halogens is 1. The first-order valence-corrected chi connectivity index (χ1v) is 5.10. The lowest BCUT2D eigenvalue weighted by atomic mass is 10.3. The highest BCUT2D eigenvalue weighted by Gasteiger charge is 2.11. The van der Waals surface area contributed by atoms with Crippen LogP contribution in [0.4, 0.5) is 0 Å². The number of furan rings is 3. The maximum absolute atomic E-state index is 5.69. The summed E-state index contributed by atoms with van der Waals surface area (Å²) in [5, 5.41) is 0.339. The molecule has 3 nitrogen and oxygen atoms in total. The normalized spacial score (nSPS) is 10.8. The van der Waals surface area contributed by atoms with Crippen LogP contribution >= 0.6 is 11.6 Å². The van der Waals surface area contributed by atoms with Gasteiger partial charge in [0.15, 0.2) is 28.3 Å². The highest BCUT2D eigenvalue weighted by Crippen LogP contribution is 2.30. The fraction of sp³-hybridized carbons (Fsp3) is 0. The van der Waals surface area contributed by atoms with Crippen LogP contribution in [0.25, 0.3) is 23.0 Å². The third kappa shape index (κ3) is 1.55. The molecule has 0 spiro atoms. The van der Waals surface area contributed by atoms with Gasteiger partial charge >= 0.3 is 0 Å². The molecule has 3 aromatic rings. The Morgan fingerprint density at radius 2 is 1.44 bits per heavy atom. The molecule has 3 heterocycles. The Morgan fingerprint density at radius 1 is 0.750 bits per heavy atom. The van der Waals surface area contributed by atoms with Crippen molar-refractivity contribution in [1.82, 2.24) is 0 Å². The molecule has 0 saturated heterocycles. The molecule has 0 saturated carbocycles. The van der Waals surface area contributed by atoms with E-state index in [0.29, 0.717) is 28.3 Å². The lowest BCUT2D eigenvalue weighted by Gasteiger charge is -1.90. The summed E-state index contributed by atoms with van der Waals surface area (Å²) in [6.45, 7) is 0. The molecule has 0 fully saturated rings. The fourth-order valence-corrected chi connectivity index (χ4v) is 1.61. The van der Waals surface area contributed by atoms with Gasteiger partial charge in [0.2, 0.25) is 0 Å². The van der Waals surface area contributed by atoms with Crippen molar-refractivity contribution < 1.29 is 13.3 Å². The van der Waals surface area contributed by atoms with Gasteiger partial charge in [-0.25, -0.2) is 0 Å². The summed E-state index contributed by atoms with van der Waals surface area (Å²) >= 11 is 5.69. The first-order valence-electron chi connectivity index (χ1n) is 4.72. The zero-order valence-electron chi connectivity index (χ0n) is 8.14. The summed E-state index contributed by atoms with van der Waals surface area (Å²) in [5.74, 6) is 2.57. The van der Waals surface area contributed by atoms with Gasteiger partial charge in [0.05, 0.1) is 6.26 Å². The van der Waals surface area contributed by atoms with Crippen molar-refractivity contribution in [3.05, 3.63) is 47.9 Å². The zero-order chi connectivity index (χ0) is 11.0. The van der Waals surface area contributed by atoms with E-state index in [1.54, 1.807) is 24.5 Å². The predicted octanol–water partition coefficient (Wildman–Crippen LogP) is 4.45. The SMILES string of the molecule is Clc1ccc(-c2ccc(-c3ccco3)o2)o1. The summed E-state index contributed by atoms with van der Waals surface area (Å²) in [6.07, 6.45) is 1.60. The number of rotatable bonds is 2. The van der Waals surface area contributed by atoms with Crippen LogP contribution in [0.1, 0.15) is 0 Å². The van der Waals surface area contributed by atoms with Crippen LogP contribution in [-0.2, 0) is 0 Å². The van der Waals surface area contributed by atoms with Crippen molar-refractivity contribution >= 4 is 11.6 Å². The molecular formula is C12H7ClO3. The fourth-order valence-electron chi connectivity index (χ4n) is 1.47. The van der Waals surface area contributed by atoms with E-state index in [4.69, 9.17) is 24.9 Å². The van der Waals surface area contributed by atoms with Crippen LogP contribution in [0, 0.1) is 0 Å². The third-order valence-electron chi connectivity index (χ3n) is 2.19. The molecule has 16 heavy (non-hydrogen) atoms. The molecule has 0 aliphatic heterocycles. The van der Waals surface area contributed by atoms with Gasteiger partial charge in [0, 0.05) is 0 Å². The Hall–Kier alpha value is -1.87. The Bertz CT molecular complexity index is 589. The molecule has 0 bridgehead atoms. The largest absolute Gasteiger partial charge is 0.461 e. The van der Waals surface area contributed by atoms with Crippen LogP contribution in [-0.4, -0.2) is 0 Å². The highest BCUT2D eigenvalue weighted by atomic mass is 35.5. The molecule has 3 aromatic heterocycles. The van der Waals surface area contributed by atoms with Gasteiger partial charge in [-0.05, 0) is 48.0 Å². The van der Waals surface area contributed by atoms with Crippen molar-refractivity contribution in [3.63, 3.8) is 0 Å². The minimum absolute atomic E-state index is 0.339. The van der Waals surface area contributed by atoms with Crippen LogP contribution in [0.15, 0.2) is 55.9 Å². The molecule has 0 radical (unpaired) electrons. The Balaban J connectivity index is 2.00. The molecule has 4 heteroatoms. The van der Waals surface area contributed by atoms with E-state index in [9.17, 15) is 0 Å². The van der Waals surface area contributed by atoms with E-state index >= 15 is 0 Å². The minimum atomic E-state index is 0.339. The quantitative estimate of drug-likeness (QED) is 0.657. The molecule has 0 unspecified atom stereocenters. The second-order valence-corrected chi connectivity index (χ2v) is 3.62. The smallest absolute Gasteiger partial charge is 0.194 e. The minimum Gasteiger partial charge on any atom is -0.461 e. The summed E-state index contributed by atoms with van der Waals surface area (Å²) < 4.78 is 16.0. The number of hydrogen-bond donors (Lipinski definition) is 0. The molecule has 0 atom stereocenters.